The third-order valence-corrected chi connectivity index (χ3v) is 2.83. The molecule has 0 bridgehead atoms. The normalized spacial score (nSPS) is 10.5. The lowest BCUT2D eigenvalue weighted by Gasteiger charge is -2.04. The highest BCUT2D eigenvalue weighted by molar-refractivity contribution is 6.33. The number of halogens is 1. The van der Waals surface area contributed by atoms with Crippen LogP contribution in [0.4, 0.5) is 5.69 Å². The molecule has 5 heteroatoms. The average molecular weight is 265 g/mol. The van der Waals surface area contributed by atoms with Crippen LogP contribution in [0.25, 0.3) is 0 Å². The topological polar surface area (TPSA) is 68.3 Å². The molecular weight excluding hydrogens is 252 g/mol. The van der Waals surface area contributed by atoms with Gasteiger partial charge in [-0.25, -0.2) is 0 Å². The number of nitrogens with one attached hydrogen (secondary N) is 1. The number of nitrogen functional groups attached to an aromatic ring is 1. The van der Waals surface area contributed by atoms with E-state index in [1.165, 1.54) is 0 Å². The van der Waals surface area contributed by atoms with E-state index in [-0.39, 0.29) is 12.3 Å². The summed E-state index contributed by atoms with van der Waals surface area (Å²) in [4.78, 5) is 11.8. The highest BCUT2D eigenvalue weighted by Crippen LogP contribution is 2.19. The first kappa shape index (κ1) is 12.7. The zero-order valence-corrected chi connectivity index (χ0v) is 10.4. The number of furan rings is 1. The summed E-state index contributed by atoms with van der Waals surface area (Å²) in [5.41, 5.74) is 6.60. The summed E-state index contributed by atoms with van der Waals surface area (Å²) in [7, 11) is 0. The molecule has 0 amide bonds. The van der Waals surface area contributed by atoms with Crippen LogP contribution in [0.5, 0.6) is 0 Å². The Bertz CT molecular complexity index is 538. The van der Waals surface area contributed by atoms with Crippen LogP contribution in [0.15, 0.2) is 41.0 Å². The molecule has 0 atom stereocenters. The second-order valence-electron chi connectivity index (χ2n) is 3.84. The number of ketones is 1. The Morgan fingerprint density at radius 3 is 2.89 bits per heavy atom. The summed E-state index contributed by atoms with van der Waals surface area (Å²) in [6.45, 7) is 0.740. The smallest absolute Gasteiger partial charge is 0.176 e. The lowest BCUT2D eigenvalue weighted by Crippen LogP contribution is -2.22. The zero-order chi connectivity index (χ0) is 13.0. The highest BCUT2D eigenvalue weighted by atomic mass is 35.5. The van der Waals surface area contributed by atoms with Crippen LogP contribution in [-0.4, -0.2) is 12.3 Å². The first-order chi connectivity index (χ1) is 8.66. The Morgan fingerprint density at radius 2 is 2.22 bits per heavy atom. The average Bonchev–Trinajstić information content (AvgIpc) is 2.85. The summed E-state index contributed by atoms with van der Waals surface area (Å²) in [5, 5.41) is 3.46. The lowest BCUT2D eigenvalue weighted by molar-refractivity contribution is 0.0990. The zero-order valence-electron chi connectivity index (χ0n) is 9.65. The van der Waals surface area contributed by atoms with Gasteiger partial charge in [-0.2, -0.15) is 0 Å². The van der Waals surface area contributed by atoms with Crippen molar-refractivity contribution in [3.63, 3.8) is 0 Å². The Kier molecular flexibility index (Phi) is 4.02. The molecule has 0 unspecified atom stereocenters. The Hall–Kier alpha value is -1.78. The van der Waals surface area contributed by atoms with Crippen molar-refractivity contribution in [2.24, 2.45) is 0 Å². The van der Waals surface area contributed by atoms with Crippen LogP contribution in [0, 0.1) is 0 Å². The number of Topliss-reactive ketones (excluding diaryl/α,β-unsaturated/α-hetero) is 1. The maximum Gasteiger partial charge on any atom is 0.176 e. The molecule has 0 fully saturated rings. The number of carbonyl (C=O) groups excluding carboxylic acids is 1. The number of hydrogen-bond acceptors (Lipinski definition) is 4. The molecule has 0 aliphatic rings. The number of hydrogen-bond donors (Lipinski definition) is 2. The molecule has 4 nitrogen and oxygen atoms in total. The first-order valence-electron chi connectivity index (χ1n) is 5.48. The number of benzene rings is 1. The minimum Gasteiger partial charge on any atom is -0.468 e. The van der Waals surface area contributed by atoms with Gasteiger partial charge in [-0.1, -0.05) is 11.6 Å². The fraction of sp³-hybridized carbons (Fsp3) is 0.154. The van der Waals surface area contributed by atoms with Gasteiger partial charge in [0.05, 0.1) is 30.1 Å². The first-order valence-corrected chi connectivity index (χ1v) is 5.86. The Morgan fingerprint density at radius 1 is 1.39 bits per heavy atom. The molecule has 1 aromatic carbocycles. The van der Waals surface area contributed by atoms with E-state index in [1.807, 2.05) is 6.07 Å². The van der Waals surface area contributed by atoms with Gasteiger partial charge < -0.3 is 15.5 Å². The number of nitrogens with two attached hydrogens (primary N) is 1. The van der Waals surface area contributed by atoms with Gasteiger partial charge in [0.1, 0.15) is 5.76 Å². The highest BCUT2D eigenvalue weighted by Gasteiger charge is 2.07. The van der Waals surface area contributed by atoms with Crippen LogP contribution in [0.2, 0.25) is 5.02 Å². The van der Waals surface area contributed by atoms with Gasteiger partial charge in [0.2, 0.25) is 0 Å². The molecule has 1 aromatic heterocycles. The van der Waals surface area contributed by atoms with E-state index in [0.29, 0.717) is 22.8 Å². The molecule has 0 spiro atoms. The van der Waals surface area contributed by atoms with E-state index >= 15 is 0 Å². The fourth-order valence-corrected chi connectivity index (χ4v) is 1.65. The Labute approximate surface area is 110 Å². The summed E-state index contributed by atoms with van der Waals surface area (Å²) in [6, 6.07) is 8.52. The molecule has 2 aromatic rings. The summed E-state index contributed by atoms with van der Waals surface area (Å²) in [6.07, 6.45) is 1.60. The van der Waals surface area contributed by atoms with Crippen molar-refractivity contribution in [3.8, 4) is 0 Å². The van der Waals surface area contributed by atoms with Crippen molar-refractivity contribution in [1.29, 1.82) is 0 Å². The van der Waals surface area contributed by atoms with Crippen molar-refractivity contribution in [2.45, 2.75) is 6.54 Å². The van der Waals surface area contributed by atoms with Gasteiger partial charge in [-0.3, -0.25) is 4.79 Å². The van der Waals surface area contributed by atoms with E-state index in [4.69, 9.17) is 21.8 Å². The SMILES string of the molecule is Nc1cc(C(=O)CNCc2ccco2)ccc1Cl. The minimum absolute atomic E-state index is 0.0371. The fourth-order valence-electron chi connectivity index (χ4n) is 1.53. The Balaban J connectivity index is 1.89. The van der Waals surface area contributed by atoms with Crippen LogP contribution in [0.3, 0.4) is 0 Å². The molecule has 3 N–H and O–H groups in total. The third-order valence-electron chi connectivity index (χ3n) is 2.48. The van der Waals surface area contributed by atoms with Crippen LogP contribution >= 0.6 is 11.6 Å². The second-order valence-corrected chi connectivity index (χ2v) is 4.25. The van der Waals surface area contributed by atoms with E-state index in [9.17, 15) is 4.79 Å². The molecule has 0 saturated carbocycles. The van der Waals surface area contributed by atoms with Gasteiger partial charge in [-0.05, 0) is 30.3 Å². The van der Waals surface area contributed by atoms with Gasteiger partial charge in [0.25, 0.3) is 0 Å². The molecular formula is C13H13ClN2O2. The van der Waals surface area contributed by atoms with Crippen molar-refractivity contribution >= 4 is 23.1 Å². The third kappa shape index (κ3) is 3.12. The van der Waals surface area contributed by atoms with Crippen LogP contribution < -0.4 is 11.1 Å². The van der Waals surface area contributed by atoms with Crippen LogP contribution in [0.1, 0.15) is 16.1 Å². The van der Waals surface area contributed by atoms with E-state index in [0.717, 1.165) is 5.76 Å². The number of carbonyl (C=O) groups is 1. The molecule has 1 heterocycles. The quantitative estimate of drug-likeness (QED) is 0.643. The predicted molar refractivity (Wildman–Crippen MR) is 70.6 cm³/mol. The molecule has 0 aliphatic carbocycles. The van der Waals surface area contributed by atoms with Crippen molar-refractivity contribution in [1.82, 2.24) is 5.32 Å². The van der Waals surface area contributed by atoms with Crippen molar-refractivity contribution in [2.75, 3.05) is 12.3 Å². The van der Waals surface area contributed by atoms with Gasteiger partial charge >= 0.3 is 0 Å². The summed E-state index contributed by atoms with van der Waals surface area (Å²) >= 11 is 5.79. The van der Waals surface area contributed by atoms with E-state index < -0.39 is 0 Å². The minimum atomic E-state index is -0.0371. The maximum atomic E-state index is 11.8. The molecule has 94 valence electrons. The van der Waals surface area contributed by atoms with Crippen molar-refractivity contribution in [3.05, 3.63) is 52.9 Å². The van der Waals surface area contributed by atoms with Crippen molar-refractivity contribution < 1.29 is 9.21 Å². The van der Waals surface area contributed by atoms with E-state index in [1.54, 1.807) is 30.5 Å². The molecule has 0 aliphatic heterocycles. The number of rotatable bonds is 5. The summed E-state index contributed by atoms with van der Waals surface area (Å²) in [5.74, 6) is 0.753. The van der Waals surface area contributed by atoms with Gasteiger partial charge in [0.15, 0.2) is 5.78 Å². The van der Waals surface area contributed by atoms with Gasteiger partial charge in [-0.15, -0.1) is 0 Å². The summed E-state index contributed by atoms with van der Waals surface area (Å²) < 4.78 is 5.14. The second kappa shape index (κ2) is 5.71. The largest absolute Gasteiger partial charge is 0.468 e. The molecule has 18 heavy (non-hydrogen) atoms. The number of anilines is 1. The molecule has 2 rings (SSSR count). The standard InChI is InChI=1S/C13H13ClN2O2/c14-11-4-3-9(6-12(11)15)13(17)8-16-7-10-2-1-5-18-10/h1-6,16H,7-8,15H2. The van der Waals surface area contributed by atoms with Crippen LogP contribution in [-0.2, 0) is 6.54 Å². The lowest BCUT2D eigenvalue weighted by atomic mass is 10.1. The monoisotopic (exact) mass is 264 g/mol. The maximum absolute atomic E-state index is 11.8. The molecule has 0 radical (unpaired) electrons. The van der Waals surface area contributed by atoms with Gasteiger partial charge in [0, 0.05) is 5.56 Å². The predicted octanol–water partition coefficient (Wildman–Crippen LogP) is 2.49. The van der Waals surface area contributed by atoms with E-state index in [2.05, 4.69) is 5.32 Å². The molecule has 0 saturated heterocycles.